The van der Waals surface area contributed by atoms with E-state index in [0.717, 1.165) is 13.8 Å². The monoisotopic (exact) mass is 416 g/mol. The molecule has 104 valence electrons. The van der Waals surface area contributed by atoms with Gasteiger partial charge in [-0.15, -0.1) is 11.3 Å². The number of nitrogens with one attached hydrogen (secondary N) is 1. The molecule has 0 radical (unpaired) electrons. The van der Waals surface area contributed by atoms with Gasteiger partial charge < -0.3 is 11.1 Å². The topological polar surface area (TPSA) is 72.2 Å². The molecule has 1 aromatic carbocycles. The van der Waals surface area contributed by atoms with Crippen molar-refractivity contribution < 1.29 is 9.59 Å². The highest BCUT2D eigenvalue weighted by atomic mass is 79.9. The molecule has 0 unspecified atom stereocenters. The van der Waals surface area contributed by atoms with Crippen molar-refractivity contribution in [3.63, 3.8) is 0 Å². The van der Waals surface area contributed by atoms with Crippen molar-refractivity contribution in [3.8, 4) is 0 Å². The van der Waals surface area contributed by atoms with E-state index >= 15 is 0 Å². The molecular weight excluding hydrogens is 408 g/mol. The molecule has 0 saturated heterocycles. The molecule has 1 heterocycles. The number of hydrogen-bond donors (Lipinski definition) is 2. The summed E-state index contributed by atoms with van der Waals surface area (Å²) in [4.78, 5) is 23.7. The predicted molar refractivity (Wildman–Crippen MR) is 85.8 cm³/mol. The number of carbonyl (C=O) groups is 2. The SMILES string of the molecule is NC(=O)c1cccc(CNC(=O)c2cc(Br)c(Br)s2)c1. The number of nitrogens with two attached hydrogens (primary N) is 1. The van der Waals surface area contributed by atoms with Gasteiger partial charge in [0, 0.05) is 16.6 Å². The molecule has 2 aromatic rings. The number of benzene rings is 1. The fourth-order valence-corrected chi connectivity index (χ4v) is 3.51. The molecule has 0 fully saturated rings. The summed E-state index contributed by atoms with van der Waals surface area (Å²) in [5, 5.41) is 2.80. The van der Waals surface area contributed by atoms with Crippen LogP contribution >= 0.6 is 43.2 Å². The summed E-state index contributed by atoms with van der Waals surface area (Å²) < 4.78 is 1.72. The minimum absolute atomic E-state index is 0.161. The van der Waals surface area contributed by atoms with Gasteiger partial charge in [0.15, 0.2) is 0 Å². The number of primary amides is 1. The third-order valence-electron chi connectivity index (χ3n) is 2.53. The molecule has 0 bridgehead atoms. The summed E-state index contributed by atoms with van der Waals surface area (Å²) in [6, 6.07) is 8.63. The summed E-state index contributed by atoms with van der Waals surface area (Å²) >= 11 is 8.03. The summed E-state index contributed by atoms with van der Waals surface area (Å²) in [5.41, 5.74) is 6.47. The summed E-state index contributed by atoms with van der Waals surface area (Å²) in [6.45, 7) is 0.340. The molecule has 1 aromatic heterocycles. The zero-order valence-electron chi connectivity index (χ0n) is 10.2. The van der Waals surface area contributed by atoms with Crippen LogP contribution in [0.15, 0.2) is 38.6 Å². The largest absolute Gasteiger partial charge is 0.366 e. The van der Waals surface area contributed by atoms with E-state index < -0.39 is 5.91 Å². The third-order valence-corrected chi connectivity index (χ3v) is 5.79. The molecule has 20 heavy (non-hydrogen) atoms. The van der Waals surface area contributed by atoms with Gasteiger partial charge in [-0.05, 0) is 55.6 Å². The zero-order chi connectivity index (χ0) is 14.7. The Morgan fingerprint density at radius 2 is 2.00 bits per heavy atom. The molecule has 4 nitrogen and oxygen atoms in total. The molecular formula is C13H10Br2N2O2S. The number of thiophene rings is 1. The maximum Gasteiger partial charge on any atom is 0.261 e. The fourth-order valence-electron chi connectivity index (χ4n) is 1.56. The van der Waals surface area contributed by atoms with Gasteiger partial charge in [-0.2, -0.15) is 0 Å². The van der Waals surface area contributed by atoms with E-state index in [-0.39, 0.29) is 5.91 Å². The molecule has 0 saturated carbocycles. The predicted octanol–water partition coefficient (Wildman–Crippen LogP) is 3.30. The van der Waals surface area contributed by atoms with E-state index in [1.165, 1.54) is 11.3 Å². The first-order valence-corrected chi connectivity index (χ1v) is 7.99. The summed E-state index contributed by atoms with van der Waals surface area (Å²) in [7, 11) is 0. The molecule has 2 amide bonds. The molecule has 0 spiro atoms. The van der Waals surface area contributed by atoms with Crippen LogP contribution in [0.2, 0.25) is 0 Å². The minimum Gasteiger partial charge on any atom is -0.366 e. The van der Waals surface area contributed by atoms with Crippen molar-refractivity contribution in [1.82, 2.24) is 5.32 Å². The standard InChI is InChI=1S/C13H10Br2N2O2S/c14-9-5-10(20-11(9)15)13(19)17-6-7-2-1-3-8(4-7)12(16)18/h1-5H,6H2,(H2,16,18)(H,17,19). The minimum atomic E-state index is -0.482. The van der Waals surface area contributed by atoms with Gasteiger partial charge in [0.25, 0.3) is 5.91 Å². The molecule has 0 aliphatic carbocycles. The Morgan fingerprint density at radius 3 is 2.60 bits per heavy atom. The van der Waals surface area contributed by atoms with Crippen molar-refractivity contribution in [3.05, 3.63) is 54.6 Å². The smallest absolute Gasteiger partial charge is 0.261 e. The van der Waals surface area contributed by atoms with Gasteiger partial charge in [0.2, 0.25) is 5.91 Å². The first kappa shape index (κ1) is 15.2. The molecule has 0 aliphatic heterocycles. The van der Waals surface area contributed by atoms with E-state index in [2.05, 4.69) is 37.2 Å². The highest BCUT2D eigenvalue weighted by Crippen LogP contribution is 2.32. The number of rotatable bonds is 4. The molecule has 3 N–H and O–H groups in total. The van der Waals surface area contributed by atoms with Crippen LogP contribution in [-0.2, 0) is 6.54 Å². The second-order valence-corrected chi connectivity index (χ2v) is 7.20. The Kier molecular flexibility index (Phi) is 4.95. The number of carbonyl (C=O) groups excluding carboxylic acids is 2. The average molecular weight is 418 g/mol. The number of amides is 2. The van der Waals surface area contributed by atoms with Crippen molar-refractivity contribution >= 4 is 55.0 Å². The summed E-state index contributed by atoms with van der Waals surface area (Å²) in [6.07, 6.45) is 0. The van der Waals surface area contributed by atoms with Crippen LogP contribution in [0.5, 0.6) is 0 Å². The average Bonchev–Trinajstić information content (AvgIpc) is 2.76. The van der Waals surface area contributed by atoms with Crippen LogP contribution in [0, 0.1) is 0 Å². The number of halogens is 2. The van der Waals surface area contributed by atoms with Crippen molar-refractivity contribution in [2.75, 3.05) is 0 Å². The van der Waals surface area contributed by atoms with Crippen LogP contribution in [-0.4, -0.2) is 11.8 Å². The second kappa shape index (κ2) is 6.51. The van der Waals surface area contributed by atoms with E-state index in [1.54, 1.807) is 24.3 Å². The first-order chi connectivity index (χ1) is 9.47. The third kappa shape index (κ3) is 3.68. The van der Waals surface area contributed by atoms with E-state index in [9.17, 15) is 9.59 Å². The molecule has 0 atom stereocenters. The first-order valence-electron chi connectivity index (χ1n) is 5.59. The van der Waals surface area contributed by atoms with Crippen LogP contribution in [0.25, 0.3) is 0 Å². The van der Waals surface area contributed by atoms with Crippen molar-refractivity contribution in [2.24, 2.45) is 5.73 Å². The normalized spacial score (nSPS) is 10.3. The fraction of sp³-hybridized carbons (Fsp3) is 0.0769. The zero-order valence-corrected chi connectivity index (χ0v) is 14.1. The Hall–Kier alpha value is -1.18. The maximum absolute atomic E-state index is 12.0. The van der Waals surface area contributed by atoms with Gasteiger partial charge in [-0.1, -0.05) is 12.1 Å². The highest BCUT2D eigenvalue weighted by Gasteiger charge is 2.11. The lowest BCUT2D eigenvalue weighted by atomic mass is 10.1. The number of hydrogen-bond acceptors (Lipinski definition) is 3. The van der Waals surface area contributed by atoms with Crippen LogP contribution in [0.3, 0.4) is 0 Å². The van der Waals surface area contributed by atoms with E-state index in [0.29, 0.717) is 17.0 Å². The highest BCUT2D eigenvalue weighted by molar-refractivity contribution is 9.13. The van der Waals surface area contributed by atoms with E-state index in [4.69, 9.17) is 5.73 Å². The Balaban J connectivity index is 2.03. The Bertz CT molecular complexity index is 651. The van der Waals surface area contributed by atoms with E-state index in [1.807, 2.05) is 6.07 Å². The second-order valence-electron chi connectivity index (χ2n) is 3.98. The van der Waals surface area contributed by atoms with Gasteiger partial charge in [0.05, 0.1) is 8.66 Å². The van der Waals surface area contributed by atoms with Gasteiger partial charge >= 0.3 is 0 Å². The lowest BCUT2D eigenvalue weighted by Gasteiger charge is -2.05. The lowest BCUT2D eigenvalue weighted by molar-refractivity contribution is 0.0954. The quantitative estimate of drug-likeness (QED) is 0.800. The summed E-state index contributed by atoms with van der Waals surface area (Å²) in [5.74, 6) is -0.643. The molecule has 7 heteroatoms. The molecule has 0 aliphatic rings. The van der Waals surface area contributed by atoms with Gasteiger partial charge in [0.1, 0.15) is 0 Å². The van der Waals surface area contributed by atoms with Gasteiger partial charge in [-0.3, -0.25) is 9.59 Å². The van der Waals surface area contributed by atoms with Gasteiger partial charge in [-0.25, -0.2) is 0 Å². The lowest BCUT2D eigenvalue weighted by Crippen LogP contribution is -2.22. The van der Waals surface area contributed by atoms with Crippen LogP contribution < -0.4 is 11.1 Å². The van der Waals surface area contributed by atoms with Crippen LogP contribution in [0.4, 0.5) is 0 Å². The van der Waals surface area contributed by atoms with Crippen LogP contribution in [0.1, 0.15) is 25.6 Å². The Labute approximate surface area is 136 Å². The molecule has 2 rings (SSSR count). The Morgan fingerprint density at radius 1 is 1.25 bits per heavy atom. The van der Waals surface area contributed by atoms with Crippen molar-refractivity contribution in [1.29, 1.82) is 0 Å². The van der Waals surface area contributed by atoms with Crippen molar-refractivity contribution in [2.45, 2.75) is 6.54 Å². The maximum atomic E-state index is 12.0.